The van der Waals surface area contributed by atoms with Gasteiger partial charge in [0.05, 0.1) is 5.69 Å². The fourth-order valence-electron chi connectivity index (χ4n) is 1.97. The van der Waals surface area contributed by atoms with E-state index in [0.717, 1.165) is 44.2 Å². The Morgan fingerprint density at radius 1 is 0.947 bits per heavy atom. The molecule has 19 heavy (non-hydrogen) atoms. The number of benzene rings is 1. The molecule has 0 saturated carbocycles. The van der Waals surface area contributed by atoms with Gasteiger partial charge in [0.2, 0.25) is 0 Å². The molecule has 0 unspecified atom stereocenters. The maximum absolute atomic E-state index is 10.3. The van der Waals surface area contributed by atoms with Gasteiger partial charge in [-0.15, -0.1) is 0 Å². The van der Waals surface area contributed by atoms with Crippen LogP contribution in [0.1, 0.15) is 44.9 Å². The highest BCUT2D eigenvalue weighted by Gasteiger charge is 2.01. The summed E-state index contributed by atoms with van der Waals surface area (Å²) in [5.74, 6) is -0.709. The predicted molar refractivity (Wildman–Crippen MR) is 75.5 cm³/mol. The fourth-order valence-corrected chi connectivity index (χ4v) is 1.97. The van der Waals surface area contributed by atoms with Crippen LogP contribution in [0.25, 0.3) is 0 Å². The van der Waals surface area contributed by atoms with Gasteiger partial charge in [-0.2, -0.15) is 0 Å². The second-order valence-electron chi connectivity index (χ2n) is 4.72. The Morgan fingerprint density at radius 2 is 1.53 bits per heavy atom. The third kappa shape index (κ3) is 7.47. The van der Waals surface area contributed by atoms with Crippen molar-refractivity contribution in [3.8, 4) is 0 Å². The van der Waals surface area contributed by atoms with Crippen molar-refractivity contribution in [3.63, 3.8) is 0 Å². The van der Waals surface area contributed by atoms with Crippen LogP contribution in [0.5, 0.6) is 0 Å². The lowest BCUT2D eigenvalue weighted by Crippen LogP contribution is -2.19. The maximum atomic E-state index is 10.3. The van der Waals surface area contributed by atoms with Crippen LogP contribution in [0.4, 0.5) is 5.69 Å². The normalized spacial score (nSPS) is 10.4. The average molecular weight is 265 g/mol. The molecule has 0 amide bonds. The number of unbranched alkanes of at least 4 members (excludes halogenated alkanes) is 5. The van der Waals surface area contributed by atoms with Crippen molar-refractivity contribution in [2.24, 2.45) is 0 Å². The van der Waals surface area contributed by atoms with Gasteiger partial charge in [-0.25, -0.2) is 0 Å². The molecule has 1 rings (SSSR count). The molecule has 4 heteroatoms. The molecule has 0 aromatic heterocycles. The van der Waals surface area contributed by atoms with E-state index in [2.05, 4.69) is 0 Å². The van der Waals surface area contributed by atoms with Crippen LogP contribution in [0, 0.1) is 0 Å². The molecular weight excluding hydrogens is 242 g/mol. The number of carboxylic acids is 1. The van der Waals surface area contributed by atoms with Gasteiger partial charge in [0.25, 0.3) is 0 Å². The molecule has 4 nitrogen and oxygen atoms in total. The predicted octanol–water partition coefficient (Wildman–Crippen LogP) is 3.70. The van der Waals surface area contributed by atoms with Gasteiger partial charge in [0.1, 0.15) is 0 Å². The molecule has 0 aliphatic rings. The van der Waals surface area contributed by atoms with Gasteiger partial charge in [0.15, 0.2) is 0 Å². The lowest BCUT2D eigenvalue weighted by molar-refractivity contribution is -0.137. The summed E-state index contributed by atoms with van der Waals surface area (Å²) in [6.07, 6.45) is 6.21. The van der Waals surface area contributed by atoms with Crippen LogP contribution in [0.2, 0.25) is 0 Å². The number of hydrogen-bond donors (Lipinski definition) is 2. The topological polar surface area (TPSA) is 60.8 Å². The number of rotatable bonds is 10. The first-order chi connectivity index (χ1) is 9.20. The molecule has 0 aliphatic carbocycles. The highest BCUT2D eigenvalue weighted by molar-refractivity contribution is 5.66. The van der Waals surface area contributed by atoms with Gasteiger partial charge >= 0.3 is 5.97 Å². The first kappa shape index (κ1) is 15.5. The van der Waals surface area contributed by atoms with E-state index in [4.69, 9.17) is 5.11 Å². The summed E-state index contributed by atoms with van der Waals surface area (Å²) in [4.78, 5) is 10.3. The van der Waals surface area contributed by atoms with Crippen LogP contribution < -0.4 is 5.06 Å². The Balaban J connectivity index is 1.98. The van der Waals surface area contributed by atoms with E-state index in [1.54, 1.807) is 0 Å². The Labute approximate surface area is 114 Å². The van der Waals surface area contributed by atoms with E-state index in [-0.39, 0.29) is 6.42 Å². The molecule has 2 N–H and O–H groups in total. The van der Waals surface area contributed by atoms with Gasteiger partial charge in [-0.3, -0.25) is 15.1 Å². The molecule has 0 radical (unpaired) electrons. The lowest BCUT2D eigenvalue weighted by Gasteiger charge is -2.16. The molecule has 0 spiro atoms. The van der Waals surface area contributed by atoms with Crippen molar-refractivity contribution in [3.05, 3.63) is 30.3 Å². The molecular formula is C15H23NO3. The summed E-state index contributed by atoms with van der Waals surface area (Å²) in [7, 11) is 0. The number of hydrogen-bond acceptors (Lipinski definition) is 3. The molecule has 0 heterocycles. The van der Waals surface area contributed by atoms with Crippen molar-refractivity contribution >= 4 is 11.7 Å². The van der Waals surface area contributed by atoms with Crippen molar-refractivity contribution < 1.29 is 15.1 Å². The van der Waals surface area contributed by atoms with Crippen molar-refractivity contribution in [2.45, 2.75) is 44.9 Å². The quantitative estimate of drug-likeness (QED) is 0.500. The van der Waals surface area contributed by atoms with Gasteiger partial charge in [-0.1, -0.05) is 43.9 Å². The Morgan fingerprint density at radius 3 is 2.16 bits per heavy atom. The summed E-state index contributed by atoms with van der Waals surface area (Å²) in [5.41, 5.74) is 0.823. The molecule has 1 aromatic carbocycles. The molecule has 0 fully saturated rings. The molecule has 1 aromatic rings. The summed E-state index contributed by atoms with van der Waals surface area (Å²) in [6, 6.07) is 9.49. The van der Waals surface area contributed by atoms with Crippen LogP contribution in [0.3, 0.4) is 0 Å². The Bertz CT molecular complexity index is 354. The molecule has 0 saturated heterocycles. The average Bonchev–Trinajstić information content (AvgIpc) is 2.42. The highest BCUT2D eigenvalue weighted by Crippen LogP contribution is 2.13. The third-order valence-electron chi connectivity index (χ3n) is 3.06. The number of carbonyl (C=O) groups is 1. The first-order valence-electron chi connectivity index (χ1n) is 6.93. The van der Waals surface area contributed by atoms with Crippen LogP contribution in [-0.4, -0.2) is 22.8 Å². The van der Waals surface area contributed by atoms with Crippen molar-refractivity contribution in [1.82, 2.24) is 0 Å². The molecule has 0 bridgehead atoms. The highest BCUT2D eigenvalue weighted by atomic mass is 16.5. The second kappa shape index (κ2) is 9.39. The summed E-state index contributed by atoms with van der Waals surface area (Å²) in [5, 5.41) is 19.6. The van der Waals surface area contributed by atoms with Crippen LogP contribution >= 0.6 is 0 Å². The van der Waals surface area contributed by atoms with Gasteiger partial charge in [-0.05, 0) is 25.0 Å². The number of anilines is 1. The molecule has 106 valence electrons. The lowest BCUT2D eigenvalue weighted by atomic mass is 10.1. The summed E-state index contributed by atoms with van der Waals surface area (Å²) >= 11 is 0. The summed E-state index contributed by atoms with van der Waals surface area (Å²) < 4.78 is 0. The van der Waals surface area contributed by atoms with Crippen molar-refractivity contribution in [1.29, 1.82) is 0 Å². The van der Waals surface area contributed by atoms with E-state index in [0.29, 0.717) is 6.54 Å². The zero-order valence-electron chi connectivity index (χ0n) is 11.3. The van der Waals surface area contributed by atoms with E-state index in [9.17, 15) is 10.0 Å². The zero-order valence-corrected chi connectivity index (χ0v) is 11.3. The first-order valence-corrected chi connectivity index (χ1v) is 6.93. The number of para-hydroxylation sites is 1. The van der Waals surface area contributed by atoms with Crippen LogP contribution in [-0.2, 0) is 4.79 Å². The summed E-state index contributed by atoms with van der Waals surface area (Å²) in [6.45, 7) is 0.638. The van der Waals surface area contributed by atoms with E-state index >= 15 is 0 Å². The Kier molecular flexibility index (Phi) is 7.66. The number of hydroxylamine groups is 1. The largest absolute Gasteiger partial charge is 0.481 e. The minimum atomic E-state index is -0.709. The van der Waals surface area contributed by atoms with E-state index in [1.165, 1.54) is 5.06 Å². The fraction of sp³-hybridized carbons (Fsp3) is 0.533. The van der Waals surface area contributed by atoms with E-state index < -0.39 is 5.97 Å². The number of nitrogens with zero attached hydrogens (tertiary/aromatic N) is 1. The molecule has 0 aliphatic heterocycles. The SMILES string of the molecule is O=C(O)CCCCCCCCN(O)c1ccccc1. The zero-order chi connectivity index (χ0) is 13.9. The molecule has 0 atom stereocenters. The maximum Gasteiger partial charge on any atom is 0.303 e. The van der Waals surface area contributed by atoms with Gasteiger partial charge in [0, 0.05) is 13.0 Å². The number of aliphatic carboxylic acids is 1. The number of carboxylic acid groups (broad SMARTS) is 1. The monoisotopic (exact) mass is 265 g/mol. The van der Waals surface area contributed by atoms with E-state index in [1.807, 2.05) is 30.3 Å². The third-order valence-corrected chi connectivity index (χ3v) is 3.06. The minimum absolute atomic E-state index is 0.276. The smallest absolute Gasteiger partial charge is 0.303 e. The van der Waals surface area contributed by atoms with Gasteiger partial charge < -0.3 is 5.11 Å². The van der Waals surface area contributed by atoms with Crippen LogP contribution in [0.15, 0.2) is 30.3 Å². The Hall–Kier alpha value is -1.55. The second-order valence-corrected chi connectivity index (χ2v) is 4.72. The minimum Gasteiger partial charge on any atom is -0.481 e. The standard InChI is InChI=1S/C15H23NO3/c17-15(18)12-8-3-1-2-4-9-13-16(19)14-10-6-5-7-11-14/h5-7,10-11,19H,1-4,8-9,12-13H2,(H,17,18). The van der Waals surface area contributed by atoms with Crippen molar-refractivity contribution in [2.75, 3.05) is 11.6 Å².